The number of carboxylic acids is 1. The lowest BCUT2D eigenvalue weighted by atomic mass is 9.81. The number of benzene rings is 1. The fourth-order valence-corrected chi connectivity index (χ4v) is 3.51. The van der Waals surface area contributed by atoms with Crippen LogP contribution in [0.25, 0.3) is 0 Å². The highest BCUT2D eigenvalue weighted by Gasteiger charge is 2.29. The molecule has 25 heavy (non-hydrogen) atoms. The molecule has 0 atom stereocenters. The van der Waals surface area contributed by atoms with Gasteiger partial charge >= 0.3 is 5.97 Å². The Labute approximate surface area is 145 Å². The Balaban J connectivity index is 1.51. The van der Waals surface area contributed by atoms with Crippen molar-refractivity contribution in [3.8, 4) is 5.75 Å². The van der Waals surface area contributed by atoms with Crippen LogP contribution >= 0.6 is 0 Å². The van der Waals surface area contributed by atoms with Gasteiger partial charge < -0.3 is 19.9 Å². The molecule has 1 aliphatic carbocycles. The van der Waals surface area contributed by atoms with Crippen molar-refractivity contribution in [3.63, 3.8) is 0 Å². The van der Waals surface area contributed by atoms with Crippen molar-refractivity contribution in [2.24, 2.45) is 11.8 Å². The van der Waals surface area contributed by atoms with Crippen LogP contribution < -0.4 is 10.1 Å². The van der Waals surface area contributed by atoms with Crippen LogP contribution in [0.4, 0.5) is 4.39 Å². The van der Waals surface area contributed by atoms with Gasteiger partial charge in [0.15, 0.2) is 6.79 Å². The molecule has 3 rings (SSSR count). The number of carbonyl (C=O) groups is 2. The fraction of sp³-hybridized carbons (Fsp3) is 0.556. The van der Waals surface area contributed by atoms with Crippen LogP contribution in [-0.4, -0.2) is 30.3 Å². The van der Waals surface area contributed by atoms with Crippen molar-refractivity contribution < 1.29 is 28.6 Å². The molecule has 1 fully saturated rings. The van der Waals surface area contributed by atoms with E-state index in [9.17, 15) is 14.0 Å². The third kappa shape index (κ3) is 4.28. The highest BCUT2D eigenvalue weighted by molar-refractivity contribution is 5.79. The average molecular weight is 351 g/mol. The van der Waals surface area contributed by atoms with E-state index in [-0.39, 0.29) is 30.4 Å². The smallest absolute Gasteiger partial charge is 0.306 e. The van der Waals surface area contributed by atoms with Gasteiger partial charge in [0.2, 0.25) is 5.91 Å². The second-order valence-electron chi connectivity index (χ2n) is 6.59. The van der Waals surface area contributed by atoms with Gasteiger partial charge in [-0.3, -0.25) is 9.59 Å². The second kappa shape index (κ2) is 7.82. The summed E-state index contributed by atoms with van der Waals surface area (Å²) < 4.78 is 24.3. The van der Waals surface area contributed by atoms with Gasteiger partial charge in [0.25, 0.3) is 0 Å². The molecule has 1 aromatic carbocycles. The molecule has 1 aliphatic heterocycles. The van der Waals surface area contributed by atoms with Crippen molar-refractivity contribution in [1.82, 2.24) is 5.32 Å². The maximum Gasteiger partial charge on any atom is 0.306 e. The molecule has 0 aromatic heterocycles. The SMILES string of the molecule is O=C(O)C1CCC(C(=O)NCCc2cc(F)cc3c2OCOC3)CC1. The van der Waals surface area contributed by atoms with Gasteiger partial charge in [0.1, 0.15) is 11.6 Å². The Kier molecular flexibility index (Phi) is 5.53. The summed E-state index contributed by atoms with van der Waals surface area (Å²) in [5.74, 6) is -1.01. The minimum Gasteiger partial charge on any atom is -0.481 e. The first-order valence-corrected chi connectivity index (χ1v) is 8.57. The molecule has 0 saturated heterocycles. The van der Waals surface area contributed by atoms with E-state index < -0.39 is 5.97 Å². The number of carbonyl (C=O) groups excluding carboxylic acids is 1. The minimum atomic E-state index is -0.779. The lowest BCUT2D eigenvalue weighted by Crippen LogP contribution is -2.35. The Bertz CT molecular complexity index is 655. The van der Waals surface area contributed by atoms with E-state index in [1.54, 1.807) is 0 Å². The molecule has 7 heteroatoms. The number of rotatable bonds is 5. The summed E-state index contributed by atoms with van der Waals surface area (Å²) in [5.41, 5.74) is 1.40. The van der Waals surface area contributed by atoms with Crippen molar-refractivity contribution in [3.05, 3.63) is 29.1 Å². The first kappa shape index (κ1) is 17.7. The molecular formula is C18H22FNO5. The number of halogens is 1. The molecule has 0 bridgehead atoms. The van der Waals surface area contributed by atoms with Crippen molar-refractivity contribution in [2.75, 3.05) is 13.3 Å². The molecule has 0 spiro atoms. The Morgan fingerprint density at radius 1 is 1.20 bits per heavy atom. The third-order valence-electron chi connectivity index (χ3n) is 4.89. The highest BCUT2D eigenvalue weighted by atomic mass is 19.1. The lowest BCUT2D eigenvalue weighted by molar-refractivity contribution is -0.144. The van der Waals surface area contributed by atoms with E-state index >= 15 is 0 Å². The molecule has 2 N–H and O–H groups in total. The normalized spacial score (nSPS) is 22.6. The molecule has 2 aliphatic rings. The van der Waals surface area contributed by atoms with E-state index in [1.807, 2.05) is 0 Å². The number of fused-ring (bicyclic) bond motifs is 1. The van der Waals surface area contributed by atoms with Gasteiger partial charge in [-0.05, 0) is 49.8 Å². The second-order valence-corrected chi connectivity index (χ2v) is 6.59. The van der Waals surface area contributed by atoms with Crippen molar-refractivity contribution in [1.29, 1.82) is 0 Å². The average Bonchev–Trinajstić information content (AvgIpc) is 2.61. The number of aliphatic carboxylic acids is 1. The van der Waals surface area contributed by atoms with E-state index in [0.717, 1.165) is 0 Å². The Hall–Kier alpha value is -2.15. The Morgan fingerprint density at radius 3 is 2.64 bits per heavy atom. The third-order valence-corrected chi connectivity index (χ3v) is 4.89. The summed E-state index contributed by atoms with van der Waals surface area (Å²) in [6.07, 6.45) is 2.74. The number of amides is 1. The summed E-state index contributed by atoms with van der Waals surface area (Å²) in [5, 5.41) is 11.9. The number of ether oxygens (including phenoxy) is 2. The van der Waals surface area contributed by atoms with Crippen molar-refractivity contribution >= 4 is 11.9 Å². The standard InChI is InChI=1S/C18H22FNO5/c19-15-7-13(16-14(8-15)9-24-10-25-16)5-6-20-17(21)11-1-3-12(4-2-11)18(22)23/h7-8,11-12H,1-6,9-10H2,(H,20,21)(H,22,23). The predicted molar refractivity (Wildman–Crippen MR) is 86.5 cm³/mol. The van der Waals surface area contributed by atoms with Gasteiger partial charge in [-0.25, -0.2) is 4.39 Å². The maximum atomic E-state index is 13.7. The van der Waals surface area contributed by atoms with E-state index in [1.165, 1.54) is 12.1 Å². The topological polar surface area (TPSA) is 84.9 Å². The summed E-state index contributed by atoms with van der Waals surface area (Å²) >= 11 is 0. The molecular weight excluding hydrogens is 329 g/mol. The first-order valence-electron chi connectivity index (χ1n) is 8.57. The van der Waals surface area contributed by atoms with Crippen LogP contribution in [0.1, 0.15) is 36.8 Å². The van der Waals surface area contributed by atoms with Crippen molar-refractivity contribution in [2.45, 2.75) is 38.7 Å². The molecule has 0 unspecified atom stereocenters. The maximum absolute atomic E-state index is 13.7. The van der Waals surface area contributed by atoms with E-state index in [4.69, 9.17) is 14.6 Å². The summed E-state index contributed by atoms with van der Waals surface area (Å²) in [4.78, 5) is 23.2. The van der Waals surface area contributed by atoms with E-state index in [0.29, 0.717) is 62.1 Å². The summed E-state index contributed by atoms with van der Waals surface area (Å²) in [6, 6.07) is 2.83. The highest BCUT2D eigenvalue weighted by Crippen LogP contribution is 2.30. The quantitative estimate of drug-likeness (QED) is 0.850. The van der Waals surface area contributed by atoms with Crippen LogP contribution in [-0.2, 0) is 27.4 Å². The molecule has 1 saturated carbocycles. The van der Waals surface area contributed by atoms with E-state index in [2.05, 4.69) is 5.32 Å². The lowest BCUT2D eigenvalue weighted by Gasteiger charge is -2.25. The zero-order valence-corrected chi connectivity index (χ0v) is 13.9. The van der Waals surface area contributed by atoms with Crippen LogP contribution in [0.2, 0.25) is 0 Å². The van der Waals surface area contributed by atoms with Crippen LogP contribution in [0.15, 0.2) is 12.1 Å². The van der Waals surface area contributed by atoms with Gasteiger partial charge in [-0.15, -0.1) is 0 Å². The zero-order chi connectivity index (χ0) is 17.8. The zero-order valence-electron chi connectivity index (χ0n) is 13.9. The van der Waals surface area contributed by atoms with Crippen LogP contribution in [0, 0.1) is 17.7 Å². The molecule has 1 heterocycles. The summed E-state index contributed by atoms with van der Waals surface area (Å²) in [6.45, 7) is 0.849. The number of carboxylic acid groups (broad SMARTS) is 1. The van der Waals surface area contributed by atoms with Gasteiger partial charge in [0.05, 0.1) is 12.5 Å². The Morgan fingerprint density at radius 2 is 1.92 bits per heavy atom. The van der Waals surface area contributed by atoms with Gasteiger partial charge in [-0.2, -0.15) is 0 Å². The first-order chi connectivity index (χ1) is 12.0. The summed E-state index contributed by atoms with van der Waals surface area (Å²) in [7, 11) is 0. The van der Waals surface area contributed by atoms with Crippen LogP contribution in [0.3, 0.4) is 0 Å². The number of hydrogen-bond acceptors (Lipinski definition) is 4. The number of nitrogens with one attached hydrogen (secondary N) is 1. The molecule has 136 valence electrons. The fourth-order valence-electron chi connectivity index (χ4n) is 3.51. The predicted octanol–water partition coefficient (Wildman–Crippen LogP) is 2.24. The molecule has 1 amide bonds. The number of hydrogen-bond donors (Lipinski definition) is 2. The molecule has 0 radical (unpaired) electrons. The molecule has 1 aromatic rings. The van der Waals surface area contributed by atoms with Gasteiger partial charge in [0, 0.05) is 18.0 Å². The largest absolute Gasteiger partial charge is 0.481 e. The molecule has 6 nitrogen and oxygen atoms in total. The van der Waals surface area contributed by atoms with Gasteiger partial charge in [-0.1, -0.05) is 0 Å². The minimum absolute atomic E-state index is 0.0571. The van der Waals surface area contributed by atoms with Crippen LogP contribution in [0.5, 0.6) is 5.75 Å². The monoisotopic (exact) mass is 351 g/mol.